The molecule has 3 aromatic carbocycles. The summed E-state index contributed by atoms with van der Waals surface area (Å²) in [6, 6.07) is 12.6. The zero-order valence-electron chi connectivity index (χ0n) is 20.8. The number of likely N-dealkylation sites (N-methyl/N-ethyl adjacent to an activating group) is 1. The maximum atomic E-state index is 13.6. The highest BCUT2D eigenvalue weighted by molar-refractivity contribution is 7.92. The molecule has 0 amide bonds. The Balaban J connectivity index is 1.55. The van der Waals surface area contributed by atoms with Crippen molar-refractivity contribution in [1.82, 2.24) is 4.90 Å². The first-order valence-corrected chi connectivity index (χ1v) is 13.5. The molecule has 0 bridgehead atoms. The lowest BCUT2D eigenvalue weighted by Gasteiger charge is -2.19. The fourth-order valence-electron chi connectivity index (χ4n) is 3.96. The van der Waals surface area contributed by atoms with E-state index in [2.05, 4.69) is 9.46 Å². The maximum absolute atomic E-state index is 13.6. The van der Waals surface area contributed by atoms with Crippen LogP contribution in [0.4, 0.5) is 18.9 Å². The fraction of sp³-hybridized carbons (Fsp3) is 0.269. The molecule has 8 nitrogen and oxygen atoms in total. The first-order valence-electron chi connectivity index (χ1n) is 11.6. The summed E-state index contributed by atoms with van der Waals surface area (Å²) in [5.41, 5.74) is -0.865. The summed E-state index contributed by atoms with van der Waals surface area (Å²) in [7, 11) is -1.17. The van der Waals surface area contributed by atoms with Gasteiger partial charge in [-0.3, -0.25) is 4.72 Å². The number of hydrogen-bond donors (Lipinski definition) is 1. The predicted octanol–water partition coefficient (Wildman–Crippen LogP) is 5.82. The average Bonchev–Trinajstić information content (AvgIpc) is 3.28. The molecule has 39 heavy (non-hydrogen) atoms. The number of esters is 1. The van der Waals surface area contributed by atoms with Crippen LogP contribution in [0.2, 0.25) is 5.02 Å². The van der Waals surface area contributed by atoms with E-state index in [0.717, 1.165) is 24.3 Å². The number of anilines is 1. The molecule has 1 saturated heterocycles. The first kappa shape index (κ1) is 28.5. The van der Waals surface area contributed by atoms with Crippen molar-refractivity contribution in [3.63, 3.8) is 0 Å². The molecule has 208 valence electrons. The minimum absolute atomic E-state index is 0.0526. The summed E-state index contributed by atoms with van der Waals surface area (Å²) in [6.45, 7) is 1.13. The van der Waals surface area contributed by atoms with Crippen molar-refractivity contribution in [2.75, 3.05) is 32.0 Å². The highest BCUT2D eigenvalue weighted by Gasteiger charge is 2.36. The fourth-order valence-corrected chi connectivity index (χ4v) is 5.32. The number of nitrogens with one attached hydrogen (secondary N) is 1. The summed E-state index contributed by atoms with van der Waals surface area (Å²) in [4.78, 5) is 13.4. The maximum Gasteiger partial charge on any atom is 0.419 e. The van der Waals surface area contributed by atoms with Crippen molar-refractivity contribution in [2.24, 2.45) is 0 Å². The molecule has 4 rings (SSSR count). The highest BCUT2D eigenvalue weighted by Crippen LogP contribution is 2.39. The molecule has 1 aliphatic rings. The molecule has 1 unspecified atom stereocenters. The molecule has 0 radical (unpaired) electrons. The molecule has 0 aliphatic carbocycles. The van der Waals surface area contributed by atoms with Gasteiger partial charge in [-0.1, -0.05) is 17.7 Å². The molecule has 1 N–H and O–H groups in total. The van der Waals surface area contributed by atoms with Gasteiger partial charge in [-0.2, -0.15) is 13.2 Å². The van der Waals surface area contributed by atoms with E-state index in [4.69, 9.17) is 21.1 Å². The average molecular weight is 585 g/mol. The van der Waals surface area contributed by atoms with E-state index in [9.17, 15) is 26.4 Å². The van der Waals surface area contributed by atoms with Gasteiger partial charge in [0, 0.05) is 19.2 Å². The molecule has 1 aliphatic heterocycles. The third-order valence-electron chi connectivity index (χ3n) is 5.88. The van der Waals surface area contributed by atoms with Crippen LogP contribution in [0, 0.1) is 0 Å². The van der Waals surface area contributed by atoms with E-state index >= 15 is 0 Å². The Bertz CT molecular complexity index is 1480. The predicted molar refractivity (Wildman–Crippen MR) is 138 cm³/mol. The van der Waals surface area contributed by atoms with Gasteiger partial charge >= 0.3 is 12.1 Å². The van der Waals surface area contributed by atoms with Gasteiger partial charge in [0.25, 0.3) is 10.0 Å². The number of rotatable bonds is 8. The van der Waals surface area contributed by atoms with E-state index in [1.807, 2.05) is 11.9 Å². The second-order valence-corrected chi connectivity index (χ2v) is 10.9. The SMILES string of the molecule is COC(=O)c1cccc(Oc2ccc(S(=O)(=O)Nc3ccc(C(F)(F)F)c(OC4CCN(C)C4)c3)cc2Cl)c1. The number of likely N-dealkylation sites (tertiary alicyclic amines) is 1. The third-order valence-corrected chi connectivity index (χ3v) is 7.55. The van der Waals surface area contributed by atoms with E-state index in [-0.39, 0.29) is 32.7 Å². The van der Waals surface area contributed by atoms with Gasteiger partial charge in [0.2, 0.25) is 0 Å². The quantitative estimate of drug-likeness (QED) is 0.333. The number of carbonyl (C=O) groups excluding carboxylic acids is 1. The van der Waals surface area contributed by atoms with Crippen LogP contribution >= 0.6 is 11.6 Å². The molecule has 1 heterocycles. The standard InChI is InChI=1S/C26H24ClF3N2O6S/c1-32-11-10-19(15-32)38-24-13-17(6-8-21(24)26(28,29)30)31-39(34,35)20-7-9-23(22(27)14-20)37-18-5-3-4-16(12-18)25(33)36-2/h3-9,12-14,19,31H,10-11,15H2,1-2H3. The number of ether oxygens (including phenoxy) is 3. The monoisotopic (exact) mass is 584 g/mol. The molecular formula is C26H24ClF3N2O6S. The van der Waals surface area contributed by atoms with E-state index in [0.29, 0.717) is 19.5 Å². The van der Waals surface area contributed by atoms with Crippen molar-refractivity contribution >= 4 is 33.3 Å². The van der Waals surface area contributed by atoms with Gasteiger partial charge in [0.15, 0.2) is 0 Å². The van der Waals surface area contributed by atoms with Gasteiger partial charge in [-0.05, 0) is 62.0 Å². The van der Waals surface area contributed by atoms with Crippen molar-refractivity contribution < 1.29 is 40.6 Å². The number of methoxy groups -OCH3 is 1. The van der Waals surface area contributed by atoms with Gasteiger partial charge < -0.3 is 19.1 Å². The summed E-state index contributed by atoms with van der Waals surface area (Å²) in [5, 5.41) is -0.0526. The number of benzene rings is 3. The molecule has 0 spiro atoms. The number of alkyl halides is 3. The lowest BCUT2D eigenvalue weighted by atomic mass is 10.1. The number of carbonyl (C=O) groups is 1. The van der Waals surface area contributed by atoms with Gasteiger partial charge in [0.1, 0.15) is 23.4 Å². The van der Waals surface area contributed by atoms with Crippen molar-refractivity contribution in [1.29, 1.82) is 0 Å². The van der Waals surface area contributed by atoms with Crippen LogP contribution in [0.1, 0.15) is 22.3 Å². The summed E-state index contributed by atoms with van der Waals surface area (Å²) < 4.78 is 85.0. The lowest BCUT2D eigenvalue weighted by molar-refractivity contribution is -0.139. The Morgan fingerprint density at radius 1 is 1.08 bits per heavy atom. The largest absolute Gasteiger partial charge is 0.488 e. The van der Waals surface area contributed by atoms with Crippen molar-refractivity contribution in [3.05, 3.63) is 76.8 Å². The van der Waals surface area contributed by atoms with Gasteiger partial charge in [0.05, 0.1) is 33.8 Å². The summed E-state index contributed by atoms with van der Waals surface area (Å²) in [6.07, 6.45) is -4.59. The van der Waals surface area contributed by atoms with Crippen LogP contribution in [-0.2, 0) is 20.9 Å². The van der Waals surface area contributed by atoms with E-state index in [1.54, 1.807) is 12.1 Å². The van der Waals surface area contributed by atoms with Crippen LogP contribution in [0.5, 0.6) is 17.2 Å². The second-order valence-electron chi connectivity index (χ2n) is 8.82. The highest BCUT2D eigenvalue weighted by atomic mass is 35.5. The molecule has 0 saturated carbocycles. The number of hydrogen-bond acceptors (Lipinski definition) is 7. The molecule has 1 atom stereocenters. The Labute approximate surface area is 228 Å². The normalized spacial score (nSPS) is 16.1. The van der Waals surface area contributed by atoms with Crippen molar-refractivity contribution in [2.45, 2.75) is 23.6 Å². The molecule has 1 fully saturated rings. The number of sulfonamides is 1. The second kappa shape index (κ2) is 11.3. The van der Waals surface area contributed by atoms with E-state index < -0.39 is 39.6 Å². The van der Waals surface area contributed by atoms with Gasteiger partial charge in [-0.25, -0.2) is 13.2 Å². The van der Waals surface area contributed by atoms with Crippen LogP contribution in [-0.4, -0.2) is 52.6 Å². The summed E-state index contributed by atoms with van der Waals surface area (Å²) >= 11 is 6.26. The Kier molecular flexibility index (Phi) is 8.28. The van der Waals surface area contributed by atoms with Crippen LogP contribution in [0.25, 0.3) is 0 Å². The minimum atomic E-state index is -4.68. The molecule has 13 heteroatoms. The minimum Gasteiger partial charge on any atom is -0.488 e. The van der Waals surface area contributed by atoms with E-state index in [1.165, 1.54) is 31.4 Å². The molecular weight excluding hydrogens is 561 g/mol. The third kappa shape index (κ3) is 6.94. The lowest BCUT2D eigenvalue weighted by Crippen LogP contribution is -2.23. The summed E-state index contributed by atoms with van der Waals surface area (Å²) in [5.74, 6) is -0.644. The van der Waals surface area contributed by atoms with Crippen molar-refractivity contribution in [3.8, 4) is 17.2 Å². The Morgan fingerprint density at radius 3 is 2.49 bits per heavy atom. The van der Waals surface area contributed by atoms with Gasteiger partial charge in [-0.15, -0.1) is 0 Å². The Morgan fingerprint density at radius 2 is 1.85 bits per heavy atom. The molecule has 0 aromatic heterocycles. The smallest absolute Gasteiger partial charge is 0.419 e. The topological polar surface area (TPSA) is 94.2 Å². The van der Waals surface area contributed by atoms with Crippen LogP contribution in [0.15, 0.2) is 65.6 Å². The number of halogens is 4. The zero-order valence-corrected chi connectivity index (χ0v) is 22.4. The molecule has 3 aromatic rings. The van der Waals surface area contributed by atoms with Crippen LogP contribution < -0.4 is 14.2 Å². The Hall–Kier alpha value is -3.48. The van der Waals surface area contributed by atoms with Crippen LogP contribution in [0.3, 0.4) is 0 Å². The first-order chi connectivity index (χ1) is 18.4. The zero-order chi connectivity index (χ0) is 28.4. The number of nitrogens with zero attached hydrogens (tertiary/aromatic N) is 1.